The molecule has 3 rings (SSSR count). The van der Waals surface area contributed by atoms with Gasteiger partial charge in [0.1, 0.15) is 0 Å². The number of amides is 2. The van der Waals surface area contributed by atoms with E-state index in [9.17, 15) is 9.59 Å². The molecule has 0 radical (unpaired) electrons. The van der Waals surface area contributed by atoms with Crippen LogP contribution in [0.25, 0.3) is 6.08 Å². The highest BCUT2D eigenvalue weighted by atomic mass is 35.5. The zero-order valence-electron chi connectivity index (χ0n) is 13.9. The summed E-state index contributed by atoms with van der Waals surface area (Å²) >= 11 is 13.3. The number of carbonyl (C=O) groups excluding carboxylic acids is 2. The third-order valence-corrected chi connectivity index (χ3v) is 4.94. The van der Waals surface area contributed by atoms with E-state index in [4.69, 9.17) is 23.2 Å². The van der Waals surface area contributed by atoms with E-state index in [1.807, 2.05) is 11.4 Å². The zero-order chi connectivity index (χ0) is 19.2. The van der Waals surface area contributed by atoms with E-state index < -0.39 is 0 Å². The van der Waals surface area contributed by atoms with Gasteiger partial charge in [-0.3, -0.25) is 9.59 Å². The standard InChI is InChI=1S/C20H14Cl2N2O2S/c21-14-8-6-13(17(22)11-14)7-9-19(25)23-15-3-1-4-16(12-15)24-20(26)18-5-2-10-27-18/h1-12H,(H,23,25)(H,24,26)/b9-7+. The number of halogens is 2. The highest BCUT2D eigenvalue weighted by Gasteiger charge is 2.07. The van der Waals surface area contributed by atoms with E-state index >= 15 is 0 Å². The lowest BCUT2D eigenvalue weighted by molar-refractivity contribution is -0.111. The first-order valence-electron chi connectivity index (χ1n) is 7.90. The summed E-state index contributed by atoms with van der Waals surface area (Å²) in [5.41, 5.74) is 1.85. The number of hydrogen-bond donors (Lipinski definition) is 2. The first kappa shape index (κ1) is 19.2. The van der Waals surface area contributed by atoms with Crippen LogP contribution in [-0.4, -0.2) is 11.8 Å². The van der Waals surface area contributed by atoms with Crippen molar-refractivity contribution in [2.45, 2.75) is 0 Å². The molecule has 0 bridgehead atoms. The minimum Gasteiger partial charge on any atom is -0.322 e. The summed E-state index contributed by atoms with van der Waals surface area (Å²) in [5.74, 6) is -0.506. The average Bonchev–Trinajstić information content (AvgIpc) is 3.16. The van der Waals surface area contributed by atoms with E-state index in [1.165, 1.54) is 17.4 Å². The molecule has 0 spiro atoms. The van der Waals surface area contributed by atoms with Gasteiger partial charge in [-0.15, -0.1) is 11.3 Å². The Morgan fingerprint density at radius 2 is 1.70 bits per heavy atom. The van der Waals surface area contributed by atoms with Crippen molar-refractivity contribution >= 4 is 63.8 Å². The normalized spacial score (nSPS) is 10.7. The maximum atomic E-state index is 12.1. The van der Waals surface area contributed by atoms with Gasteiger partial charge in [0.15, 0.2) is 0 Å². The fourth-order valence-electron chi connectivity index (χ4n) is 2.26. The Balaban J connectivity index is 1.64. The Labute approximate surface area is 170 Å². The van der Waals surface area contributed by atoms with Gasteiger partial charge in [-0.05, 0) is 53.4 Å². The highest BCUT2D eigenvalue weighted by molar-refractivity contribution is 7.12. The van der Waals surface area contributed by atoms with Crippen molar-refractivity contribution in [1.29, 1.82) is 0 Å². The summed E-state index contributed by atoms with van der Waals surface area (Å²) in [4.78, 5) is 24.9. The molecule has 3 aromatic rings. The van der Waals surface area contributed by atoms with Gasteiger partial charge in [0.2, 0.25) is 5.91 Å². The van der Waals surface area contributed by atoms with Crippen LogP contribution < -0.4 is 10.6 Å². The number of carbonyl (C=O) groups is 2. The van der Waals surface area contributed by atoms with Crippen LogP contribution in [0.1, 0.15) is 15.2 Å². The van der Waals surface area contributed by atoms with Crippen LogP contribution in [-0.2, 0) is 4.79 Å². The van der Waals surface area contributed by atoms with Gasteiger partial charge < -0.3 is 10.6 Å². The van der Waals surface area contributed by atoms with Gasteiger partial charge in [-0.2, -0.15) is 0 Å². The number of thiophene rings is 1. The Kier molecular flexibility index (Phi) is 6.29. The molecule has 0 saturated heterocycles. The first-order chi connectivity index (χ1) is 13.0. The van der Waals surface area contributed by atoms with Gasteiger partial charge in [0.25, 0.3) is 5.91 Å². The predicted molar refractivity (Wildman–Crippen MR) is 113 cm³/mol. The molecular weight excluding hydrogens is 403 g/mol. The van der Waals surface area contributed by atoms with Crippen LogP contribution in [0, 0.1) is 0 Å². The second-order valence-electron chi connectivity index (χ2n) is 5.50. The van der Waals surface area contributed by atoms with Gasteiger partial charge in [0.05, 0.1) is 4.88 Å². The third kappa shape index (κ3) is 5.44. The fraction of sp³-hybridized carbons (Fsp3) is 0. The minimum absolute atomic E-state index is 0.189. The van der Waals surface area contributed by atoms with E-state index in [2.05, 4.69) is 10.6 Å². The van der Waals surface area contributed by atoms with E-state index in [-0.39, 0.29) is 11.8 Å². The molecule has 2 amide bonds. The zero-order valence-corrected chi connectivity index (χ0v) is 16.2. The Hall–Kier alpha value is -2.60. The van der Waals surface area contributed by atoms with Crippen molar-refractivity contribution in [3.05, 3.63) is 86.5 Å². The second kappa shape index (κ2) is 8.86. The maximum Gasteiger partial charge on any atom is 0.265 e. The molecule has 4 nitrogen and oxygen atoms in total. The fourth-order valence-corrected chi connectivity index (χ4v) is 3.35. The lowest BCUT2D eigenvalue weighted by Gasteiger charge is -2.07. The lowest BCUT2D eigenvalue weighted by atomic mass is 10.2. The number of nitrogens with one attached hydrogen (secondary N) is 2. The molecule has 7 heteroatoms. The number of anilines is 2. The van der Waals surface area contributed by atoms with Crippen molar-refractivity contribution in [3.63, 3.8) is 0 Å². The topological polar surface area (TPSA) is 58.2 Å². The van der Waals surface area contributed by atoms with Crippen molar-refractivity contribution in [3.8, 4) is 0 Å². The van der Waals surface area contributed by atoms with Crippen LogP contribution in [0.4, 0.5) is 11.4 Å². The predicted octanol–water partition coefficient (Wildman–Crippen LogP) is 5.96. The molecular formula is C20H14Cl2N2O2S. The summed E-state index contributed by atoms with van der Waals surface area (Å²) in [5, 5.41) is 8.38. The molecule has 1 heterocycles. The molecule has 2 N–H and O–H groups in total. The number of rotatable bonds is 5. The first-order valence-corrected chi connectivity index (χ1v) is 9.54. The molecule has 27 heavy (non-hydrogen) atoms. The van der Waals surface area contributed by atoms with Crippen LogP contribution >= 0.6 is 34.5 Å². The number of benzene rings is 2. The average molecular weight is 417 g/mol. The van der Waals surface area contributed by atoms with E-state index in [0.717, 1.165) is 0 Å². The summed E-state index contributed by atoms with van der Waals surface area (Å²) in [6.07, 6.45) is 2.99. The van der Waals surface area contributed by atoms with Gasteiger partial charge in [0, 0.05) is 27.5 Å². The van der Waals surface area contributed by atoms with Crippen LogP contribution in [0.15, 0.2) is 66.1 Å². The maximum absolute atomic E-state index is 12.1. The smallest absolute Gasteiger partial charge is 0.265 e. The highest BCUT2D eigenvalue weighted by Crippen LogP contribution is 2.22. The van der Waals surface area contributed by atoms with Crippen molar-refractivity contribution < 1.29 is 9.59 Å². The lowest BCUT2D eigenvalue weighted by Crippen LogP contribution is -2.11. The van der Waals surface area contributed by atoms with Crippen LogP contribution in [0.2, 0.25) is 10.0 Å². The van der Waals surface area contributed by atoms with E-state index in [0.29, 0.717) is 31.9 Å². The Morgan fingerprint density at radius 3 is 2.41 bits per heavy atom. The Bertz CT molecular complexity index is 1000. The molecule has 0 fully saturated rings. The quantitative estimate of drug-likeness (QED) is 0.504. The SMILES string of the molecule is O=C(/C=C/c1ccc(Cl)cc1Cl)Nc1cccc(NC(=O)c2cccs2)c1. The van der Waals surface area contributed by atoms with Crippen molar-refractivity contribution in [2.75, 3.05) is 10.6 Å². The second-order valence-corrected chi connectivity index (χ2v) is 7.29. The molecule has 0 saturated carbocycles. The summed E-state index contributed by atoms with van der Waals surface area (Å²) < 4.78 is 0. The van der Waals surface area contributed by atoms with Crippen molar-refractivity contribution in [1.82, 2.24) is 0 Å². The summed E-state index contributed by atoms with van der Waals surface area (Å²) in [6.45, 7) is 0. The van der Waals surface area contributed by atoms with Gasteiger partial charge in [-0.25, -0.2) is 0 Å². The third-order valence-electron chi connectivity index (χ3n) is 3.51. The summed E-state index contributed by atoms with van der Waals surface area (Å²) in [6, 6.07) is 15.5. The molecule has 2 aromatic carbocycles. The van der Waals surface area contributed by atoms with Crippen LogP contribution in [0.3, 0.4) is 0 Å². The van der Waals surface area contributed by atoms with Gasteiger partial charge >= 0.3 is 0 Å². The molecule has 1 aromatic heterocycles. The molecule has 0 unspecified atom stereocenters. The molecule has 0 aliphatic carbocycles. The minimum atomic E-state index is -0.317. The monoisotopic (exact) mass is 416 g/mol. The van der Waals surface area contributed by atoms with Crippen LogP contribution in [0.5, 0.6) is 0 Å². The van der Waals surface area contributed by atoms with Crippen molar-refractivity contribution in [2.24, 2.45) is 0 Å². The summed E-state index contributed by atoms with van der Waals surface area (Å²) in [7, 11) is 0. The molecule has 0 atom stereocenters. The molecule has 0 aliphatic heterocycles. The van der Waals surface area contributed by atoms with E-state index in [1.54, 1.807) is 54.6 Å². The Morgan fingerprint density at radius 1 is 0.926 bits per heavy atom. The van der Waals surface area contributed by atoms with Gasteiger partial charge in [-0.1, -0.05) is 41.4 Å². The largest absolute Gasteiger partial charge is 0.322 e. The molecule has 136 valence electrons. The molecule has 0 aliphatic rings. The number of hydrogen-bond acceptors (Lipinski definition) is 3.